The molecule has 7 nitrogen and oxygen atoms in total. The predicted octanol–water partition coefficient (Wildman–Crippen LogP) is 0.916. The van der Waals surface area contributed by atoms with Gasteiger partial charge < -0.3 is 25.6 Å². The van der Waals surface area contributed by atoms with Crippen LogP contribution in [0, 0.1) is 23.5 Å². The van der Waals surface area contributed by atoms with Gasteiger partial charge in [-0.3, -0.25) is 9.59 Å². The largest absolute Gasteiger partial charge is 0.469 e. The molecule has 162 valence electrons. The molecule has 4 atom stereocenters. The summed E-state index contributed by atoms with van der Waals surface area (Å²) in [5.74, 6) is -3.09. The molecule has 1 aliphatic rings. The Morgan fingerprint density at radius 3 is 2.10 bits per heavy atom. The molecule has 4 N–H and O–H groups in total. The average molecular weight is 414 g/mol. The van der Waals surface area contributed by atoms with Gasteiger partial charge in [0.05, 0.1) is 32.2 Å². The number of aliphatic hydroxyl groups is 1. The Kier molecular flexibility index (Phi) is 8.48. The minimum absolute atomic E-state index is 0.0950. The second-order valence-electron chi connectivity index (χ2n) is 7.47. The first kappa shape index (κ1) is 23.2. The molecule has 1 saturated carbocycles. The monoisotopic (exact) mass is 414 g/mol. The molecule has 0 aromatic heterocycles. The lowest BCUT2D eigenvalue weighted by Crippen LogP contribution is -2.48. The number of hydrogen-bond donors (Lipinski definition) is 3. The van der Waals surface area contributed by atoms with Gasteiger partial charge in [0.2, 0.25) is 0 Å². The van der Waals surface area contributed by atoms with Crippen molar-refractivity contribution in [2.24, 2.45) is 17.6 Å². The van der Waals surface area contributed by atoms with E-state index in [9.17, 15) is 23.5 Å². The molecule has 0 amide bonds. The van der Waals surface area contributed by atoms with Gasteiger partial charge in [0.25, 0.3) is 0 Å². The Labute approximate surface area is 168 Å². The zero-order valence-electron chi connectivity index (χ0n) is 16.6. The number of benzene rings is 1. The molecular weight excluding hydrogens is 386 g/mol. The van der Waals surface area contributed by atoms with Crippen molar-refractivity contribution in [3.05, 3.63) is 35.4 Å². The van der Waals surface area contributed by atoms with Crippen LogP contribution in [0.3, 0.4) is 0 Å². The second-order valence-corrected chi connectivity index (χ2v) is 7.47. The van der Waals surface area contributed by atoms with Crippen molar-refractivity contribution in [2.45, 2.75) is 43.9 Å². The topological polar surface area (TPSA) is 111 Å². The summed E-state index contributed by atoms with van der Waals surface area (Å²) in [6.07, 6.45) is 0.369. The van der Waals surface area contributed by atoms with E-state index in [1.807, 2.05) is 0 Å². The van der Waals surface area contributed by atoms with Crippen LogP contribution in [0.1, 0.15) is 24.8 Å². The number of methoxy groups -OCH3 is 2. The maximum Gasteiger partial charge on any atom is 0.308 e. The SMILES string of the molecule is COC(=O)C1CC(NCC(O)C(N)Cc2cc(F)cc(F)c2)CC(C(=O)OC)C1. The highest BCUT2D eigenvalue weighted by Gasteiger charge is 2.37. The Bertz CT molecular complexity index is 674. The van der Waals surface area contributed by atoms with Crippen LogP contribution < -0.4 is 11.1 Å². The van der Waals surface area contributed by atoms with Gasteiger partial charge in [0.1, 0.15) is 11.6 Å². The van der Waals surface area contributed by atoms with E-state index in [2.05, 4.69) is 5.32 Å². The van der Waals surface area contributed by atoms with Crippen LogP contribution in [0.25, 0.3) is 0 Å². The standard InChI is InChI=1S/C20H28F2N2O5/c1-28-19(26)12-6-13(20(27)29-2)8-16(7-12)24-10-18(25)17(23)5-11-3-14(21)9-15(22)4-11/h3-4,9,12-13,16-18,24-25H,5-8,10,23H2,1-2H3. The first-order valence-electron chi connectivity index (χ1n) is 9.51. The van der Waals surface area contributed by atoms with Gasteiger partial charge in [-0.1, -0.05) is 0 Å². The summed E-state index contributed by atoms with van der Waals surface area (Å²) in [6.45, 7) is 0.103. The van der Waals surface area contributed by atoms with E-state index in [4.69, 9.17) is 15.2 Å². The third kappa shape index (κ3) is 6.73. The van der Waals surface area contributed by atoms with Crippen LogP contribution in [-0.2, 0) is 25.5 Å². The average Bonchev–Trinajstić information content (AvgIpc) is 2.69. The third-order valence-electron chi connectivity index (χ3n) is 5.28. The van der Waals surface area contributed by atoms with E-state index in [-0.39, 0.29) is 19.0 Å². The number of rotatable bonds is 8. The number of ether oxygens (including phenoxy) is 2. The highest BCUT2D eigenvalue weighted by molar-refractivity contribution is 5.76. The van der Waals surface area contributed by atoms with Crippen LogP contribution in [0.4, 0.5) is 8.78 Å². The molecule has 0 radical (unpaired) electrons. The zero-order chi connectivity index (χ0) is 21.6. The Hall–Kier alpha value is -2.10. The summed E-state index contributed by atoms with van der Waals surface area (Å²) in [6, 6.07) is 2.15. The van der Waals surface area contributed by atoms with Crippen molar-refractivity contribution >= 4 is 11.9 Å². The smallest absolute Gasteiger partial charge is 0.308 e. The lowest BCUT2D eigenvalue weighted by molar-refractivity contribution is -0.152. The minimum Gasteiger partial charge on any atom is -0.469 e. The first-order valence-corrected chi connectivity index (χ1v) is 9.51. The number of hydrogen-bond acceptors (Lipinski definition) is 7. The fraction of sp³-hybridized carbons (Fsp3) is 0.600. The van der Waals surface area contributed by atoms with E-state index < -0.39 is 47.6 Å². The summed E-state index contributed by atoms with van der Waals surface area (Å²) in [7, 11) is 2.59. The Morgan fingerprint density at radius 2 is 1.62 bits per heavy atom. The molecule has 1 aromatic rings. The van der Waals surface area contributed by atoms with Crippen LogP contribution in [-0.4, -0.2) is 56.0 Å². The fourth-order valence-corrected chi connectivity index (χ4v) is 3.78. The summed E-state index contributed by atoms with van der Waals surface area (Å²) in [4.78, 5) is 23.9. The van der Waals surface area contributed by atoms with Gasteiger partial charge in [-0.2, -0.15) is 0 Å². The number of nitrogens with one attached hydrogen (secondary N) is 1. The van der Waals surface area contributed by atoms with Crippen molar-refractivity contribution < 1.29 is 33.0 Å². The van der Waals surface area contributed by atoms with Gasteiger partial charge in [0.15, 0.2) is 0 Å². The first-order chi connectivity index (χ1) is 13.7. The number of nitrogens with two attached hydrogens (primary N) is 1. The van der Waals surface area contributed by atoms with E-state index in [1.54, 1.807) is 0 Å². The third-order valence-corrected chi connectivity index (χ3v) is 5.28. The molecule has 29 heavy (non-hydrogen) atoms. The molecule has 1 fully saturated rings. The van der Waals surface area contributed by atoms with E-state index in [0.717, 1.165) is 6.07 Å². The van der Waals surface area contributed by atoms with Crippen LogP contribution >= 0.6 is 0 Å². The molecule has 9 heteroatoms. The molecule has 2 rings (SSSR count). The normalized spacial score (nSPS) is 23.9. The highest BCUT2D eigenvalue weighted by Crippen LogP contribution is 2.31. The van der Waals surface area contributed by atoms with Gasteiger partial charge in [-0.25, -0.2) is 8.78 Å². The lowest BCUT2D eigenvalue weighted by atomic mass is 9.78. The summed E-state index contributed by atoms with van der Waals surface area (Å²) in [5.41, 5.74) is 6.33. The fourth-order valence-electron chi connectivity index (χ4n) is 3.78. The van der Waals surface area contributed by atoms with E-state index >= 15 is 0 Å². The molecule has 4 unspecified atom stereocenters. The zero-order valence-corrected chi connectivity index (χ0v) is 16.6. The molecule has 1 aromatic carbocycles. The maximum absolute atomic E-state index is 13.3. The molecule has 0 aliphatic heterocycles. The second kappa shape index (κ2) is 10.6. The molecule has 1 aliphatic carbocycles. The number of carbonyl (C=O) groups excluding carboxylic acids is 2. The van der Waals surface area contributed by atoms with E-state index in [1.165, 1.54) is 26.4 Å². The molecule has 0 spiro atoms. The lowest BCUT2D eigenvalue weighted by Gasteiger charge is -2.33. The van der Waals surface area contributed by atoms with Gasteiger partial charge in [0, 0.05) is 24.7 Å². The van der Waals surface area contributed by atoms with Gasteiger partial charge >= 0.3 is 11.9 Å². The Balaban J connectivity index is 1.93. The molecule has 0 bridgehead atoms. The van der Waals surface area contributed by atoms with E-state index in [0.29, 0.717) is 24.8 Å². The number of carbonyl (C=O) groups is 2. The van der Waals surface area contributed by atoms with Gasteiger partial charge in [-0.15, -0.1) is 0 Å². The van der Waals surface area contributed by atoms with Crippen molar-refractivity contribution in [1.29, 1.82) is 0 Å². The quantitative estimate of drug-likeness (QED) is 0.543. The minimum atomic E-state index is -0.989. The van der Waals surface area contributed by atoms with Crippen LogP contribution in [0.5, 0.6) is 0 Å². The van der Waals surface area contributed by atoms with Crippen molar-refractivity contribution in [3.8, 4) is 0 Å². The van der Waals surface area contributed by atoms with Gasteiger partial charge in [-0.05, 0) is 43.4 Å². The van der Waals surface area contributed by atoms with Crippen molar-refractivity contribution in [2.75, 3.05) is 20.8 Å². The van der Waals surface area contributed by atoms with Crippen LogP contribution in [0.2, 0.25) is 0 Å². The summed E-state index contributed by atoms with van der Waals surface area (Å²) in [5, 5.41) is 13.5. The van der Waals surface area contributed by atoms with Crippen molar-refractivity contribution in [3.63, 3.8) is 0 Å². The number of halogens is 2. The molecule has 0 heterocycles. The number of esters is 2. The Morgan fingerprint density at radius 1 is 1.10 bits per heavy atom. The van der Waals surface area contributed by atoms with Crippen LogP contribution in [0.15, 0.2) is 18.2 Å². The number of aliphatic hydroxyl groups excluding tert-OH is 1. The highest BCUT2D eigenvalue weighted by atomic mass is 19.1. The molecule has 0 saturated heterocycles. The summed E-state index contributed by atoms with van der Waals surface area (Å²) < 4.78 is 36.2. The van der Waals surface area contributed by atoms with Crippen molar-refractivity contribution in [1.82, 2.24) is 5.32 Å². The maximum atomic E-state index is 13.3. The predicted molar refractivity (Wildman–Crippen MR) is 101 cm³/mol. The molecular formula is C20H28F2N2O5. The summed E-state index contributed by atoms with van der Waals surface area (Å²) >= 11 is 0.